The van der Waals surface area contributed by atoms with Crippen molar-refractivity contribution in [3.05, 3.63) is 52.4 Å². The molecule has 0 bridgehead atoms. The van der Waals surface area contributed by atoms with Crippen molar-refractivity contribution in [1.29, 1.82) is 0 Å². The summed E-state index contributed by atoms with van der Waals surface area (Å²) in [5.41, 5.74) is 3.19. The smallest absolute Gasteiger partial charge is 0.274 e. The number of aromatic amines is 1. The molecule has 0 aliphatic carbocycles. The molecule has 1 N–H and O–H groups in total. The van der Waals surface area contributed by atoms with Crippen LogP contribution in [0.5, 0.6) is 5.88 Å². The number of nitrogens with one attached hydrogen (secondary N) is 1. The Kier molecular flexibility index (Phi) is 5.25. The van der Waals surface area contributed by atoms with Gasteiger partial charge >= 0.3 is 0 Å². The first-order chi connectivity index (χ1) is 13.2. The molecule has 0 amide bonds. The fourth-order valence-corrected chi connectivity index (χ4v) is 3.66. The highest BCUT2D eigenvalue weighted by atomic mass is 16.5. The van der Waals surface area contributed by atoms with Crippen LogP contribution in [0.25, 0.3) is 16.8 Å². The van der Waals surface area contributed by atoms with Gasteiger partial charge in [-0.1, -0.05) is 30.2 Å². The van der Waals surface area contributed by atoms with Gasteiger partial charge in [-0.25, -0.2) is 4.52 Å². The van der Waals surface area contributed by atoms with Gasteiger partial charge in [-0.3, -0.25) is 4.79 Å². The summed E-state index contributed by atoms with van der Waals surface area (Å²) >= 11 is 0. The van der Waals surface area contributed by atoms with Crippen LogP contribution in [-0.2, 0) is 0 Å². The third-order valence-electron chi connectivity index (χ3n) is 5.09. The SMILES string of the molecule is Cc1cccc(-c2cn3nc(OCCCN4CCCCC4)cc3c(=O)[nH]2)c1. The number of fused-ring (bicyclic) bond motifs is 1. The normalized spacial score (nSPS) is 15.3. The first-order valence-corrected chi connectivity index (χ1v) is 9.74. The highest BCUT2D eigenvalue weighted by molar-refractivity contribution is 5.61. The Bertz CT molecular complexity index is 970. The molecule has 2 aromatic heterocycles. The maximum absolute atomic E-state index is 12.4. The summed E-state index contributed by atoms with van der Waals surface area (Å²) in [6.45, 7) is 6.11. The van der Waals surface area contributed by atoms with Gasteiger partial charge in [-0.2, -0.15) is 0 Å². The van der Waals surface area contributed by atoms with Crippen molar-refractivity contribution in [1.82, 2.24) is 19.5 Å². The molecule has 4 rings (SSSR count). The topological polar surface area (TPSA) is 62.6 Å². The average molecular weight is 366 g/mol. The van der Waals surface area contributed by atoms with Crippen LogP contribution in [0.2, 0.25) is 0 Å². The van der Waals surface area contributed by atoms with Crippen LogP contribution in [0.1, 0.15) is 31.2 Å². The largest absolute Gasteiger partial charge is 0.477 e. The molecular formula is C21H26N4O2. The fourth-order valence-electron chi connectivity index (χ4n) is 3.66. The fraction of sp³-hybridized carbons (Fsp3) is 0.429. The monoisotopic (exact) mass is 366 g/mol. The van der Waals surface area contributed by atoms with Gasteiger partial charge in [-0.15, -0.1) is 5.10 Å². The summed E-state index contributed by atoms with van der Waals surface area (Å²) in [4.78, 5) is 17.9. The summed E-state index contributed by atoms with van der Waals surface area (Å²) in [7, 11) is 0. The predicted octanol–water partition coefficient (Wildman–Crippen LogP) is 3.25. The number of ether oxygens (including phenoxy) is 1. The zero-order chi connectivity index (χ0) is 18.6. The van der Waals surface area contributed by atoms with E-state index in [-0.39, 0.29) is 5.56 Å². The van der Waals surface area contributed by atoms with Gasteiger partial charge in [0.1, 0.15) is 5.52 Å². The van der Waals surface area contributed by atoms with E-state index in [1.807, 2.05) is 37.4 Å². The Morgan fingerprint density at radius 3 is 2.85 bits per heavy atom. The molecule has 1 aliphatic heterocycles. The Morgan fingerprint density at radius 2 is 2.04 bits per heavy atom. The number of likely N-dealkylation sites (tertiary alicyclic amines) is 1. The number of hydrogen-bond donors (Lipinski definition) is 1. The number of aromatic nitrogens is 3. The summed E-state index contributed by atoms with van der Waals surface area (Å²) in [5.74, 6) is 0.500. The minimum atomic E-state index is -0.162. The molecule has 0 spiro atoms. The Morgan fingerprint density at radius 1 is 1.19 bits per heavy atom. The molecule has 6 heteroatoms. The number of H-pyrrole nitrogens is 1. The van der Waals surface area contributed by atoms with Crippen molar-refractivity contribution in [2.45, 2.75) is 32.6 Å². The molecule has 3 heterocycles. The summed E-state index contributed by atoms with van der Waals surface area (Å²) in [5, 5.41) is 4.43. The molecule has 0 atom stereocenters. The van der Waals surface area contributed by atoms with Crippen molar-refractivity contribution in [3.63, 3.8) is 0 Å². The first-order valence-electron chi connectivity index (χ1n) is 9.74. The average Bonchev–Trinajstić information content (AvgIpc) is 3.10. The van der Waals surface area contributed by atoms with Gasteiger partial charge in [0.25, 0.3) is 5.56 Å². The van der Waals surface area contributed by atoms with Crippen molar-refractivity contribution in [2.24, 2.45) is 0 Å². The number of benzene rings is 1. The van der Waals surface area contributed by atoms with Gasteiger partial charge in [0, 0.05) is 12.6 Å². The van der Waals surface area contributed by atoms with E-state index < -0.39 is 0 Å². The second-order valence-corrected chi connectivity index (χ2v) is 7.28. The number of nitrogens with zero attached hydrogens (tertiary/aromatic N) is 3. The number of hydrogen-bond acceptors (Lipinski definition) is 4. The zero-order valence-corrected chi connectivity index (χ0v) is 15.8. The number of rotatable bonds is 6. The second kappa shape index (κ2) is 7.96. The van der Waals surface area contributed by atoms with Crippen molar-refractivity contribution >= 4 is 5.52 Å². The van der Waals surface area contributed by atoms with Gasteiger partial charge in [0.05, 0.1) is 18.5 Å². The molecule has 1 fully saturated rings. The minimum absolute atomic E-state index is 0.162. The number of aryl methyl sites for hydroxylation is 1. The van der Waals surface area contributed by atoms with E-state index in [0.717, 1.165) is 29.8 Å². The molecule has 3 aromatic rings. The second-order valence-electron chi connectivity index (χ2n) is 7.28. The molecule has 142 valence electrons. The van der Waals surface area contributed by atoms with E-state index in [0.29, 0.717) is 18.0 Å². The summed E-state index contributed by atoms with van der Waals surface area (Å²) in [6, 6.07) is 9.74. The Labute approximate surface area is 158 Å². The van der Waals surface area contributed by atoms with Crippen LogP contribution in [0.15, 0.2) is 41.3 Å². The molecular weight excluding hydrogens is 340 g/mol. The van der Waals surface area contributed by atoms with E-state index in [4.69, 9.17) is 4.74 Å². The van der Waals surface area contributed by atoms with Crippen molar-refractivity contribution in [2.75, 3.05) is 26.2 Å². The van der Waals surface area contributed by atoms with Crippen molar-refractivity contribution < 1.29 is 4.74 Å². The maximum Gasteiger partial charge on any atom is 0.274 e. The van der Waals surface area contributed by atoms with E-state index >= 15 is 0 Å². The van der Waals surface area contributed by atoms with E-state index in [1.165, 1.54) is 32.4 Å². The molecule has 0 radical (unpaired) electrons. The Balaban J connectivity index is 1.44. The van der Waals surface area contributed by atoms with Crippen LogP contribution in [0.3, 0.4) is 0 Å². The first kappa shape index (κ1) is 17.8. The van der Waals surface area contributed by atoms with Crippen LogP contribution in [0, 0.1) is 6.92 Å². The molecule has 1 aromatic carbocycles. The van der Waals surface area contributed by atoms with Gasteiger partial charge in [0.15, 0.2) is 0 Å². The van der Waals surface area contributed by atoms with Gasteiger partial charge in [0.2, 0.25) is 5.88 Å². The molecule has 0 unspecified atom stereocenters. The lowest BCUT2D eigenvalue weighted by Crippen LogP contribution is -2.31. The quantitative estimate of drug-likeness (QED) is 0.680. The lowest BCUT2D eigenvalue weighted by Gasteiger charge is -2.26. The van der Waals surface area contributed by atoms with E-state index in [2.05, 4.69) is 15.0 Å². The van der Waals surface area contributed by atoms with Crippen LogP contribution < -0.4 is 10.3 Å². The summed E-state index contributed by atoms with van der Waals surface area (Å²) < 4.78 is 7.40. The van der Waals surface area contributed by atoms with Gasteiger partial charge < -0.3 is 14.6 Å². The van der Waals surface area contributed by atoms with Crippen molar-refractivity contribution in [3.8, 4) is 17.1 Å². The third-order valence-corrected chi connectivity index (χ3v) is 5.09. The van der Waals surface area contributed by atoms with Crippen LogP contribution in [-0.4, -0.2) is 45.7 Å². The standard InChI is InChI=1S/C21H26N4O2/c1-16-7-5-8-17(13-16)18-15-25-19(21(26)22-18)14-20(23-25)27-12-6-11-24-9-3-2-4-10-24/h5,7-8,13-15H,2-4,6,9-12H2,1H3,(H,22,26). The molecule has 0 saturated carbocycles. The zero-order valence-electron chi connectivity index (χ0n) is 15.8. The number of piperidine rings is 1. The maximum atomic E-state index is 12.4. The highest BCUT2D eigenvalue weighted by Crippen LogP contribution is 2.18. The molecule has 6 nitrogen and oxygen atoms in total. The third kappa shape index (κ3) is 4.22. The molecule has 27 heavy (non-hydrogen) atoms. The summed E-state index contributed by atoms with van der Waals surface area (Å²) in [6.07, 6.45) is 6.77. The van der Waals surface area contributed by atoms with E-state index in [9.17, 15) is 4.79 Å². The van der Waals surface area contributed by atoms with E-state index in [1.54, 1.807) is 10.6 Å². The molecule has 1 saturated heterocycles. The van der Waals surface area contributed by atoms with Gasteiger partial charge in [-0.05, 0) is 50.9 Å². The highest BCUT2D eigenvalue weighted by Gasteiger charge is 2.11. The Hall–Kier alpha value is -2.60. The van der Waals surface area contributed by atoms with Crippen LogP contribution in [0.4, 0.5) is 0 Å². The predicted molar refractivity (Wildman–Crippen MR) is 106 cm³/mol. The van der Waals surface area contributed by atoms with Crippen LogP contribution >= 0.6 is 0 Å². The molecule has 1 aliphatic rings. The minimum Gasteiger partial charge on any atom is -0.477 e. The lowest BCUT2D eigenvalue weighted by atomic mass is 10.1. The lowest BCUT2D eigenvalue weighted by molar-refractivity contribution is 0.203.